The van der Waals surface area contributed by atoms with E-state index in [1.165, 1.54) is 0 Å². The third-order valence-corrected chi connectivity index (χ3v) is 4.13. The van der Waals surface area contributed by atoms with Crippen molar-refractivity contribution in [2.24, 2.45) is 0 Å². The van der Waals surface area contributed by atoms with Gasteiger partial charge in [-0.15, -0.1) is 0 Å². The van der Waals surface area contributed by atoms with Crippen LogP contribution in [0.1, 0.15) is 17.0 Å². The predicted molar refractivity (Wildman–Crippen MR) is 89.3 cm³/mol. The van der Waals surface area contributed by atoms with Crippen molar-refractivity contribution in [1.29, 1.82) is 0 Å². The Hall–Kier alpha value is -2.67. The number of aryl methyl sites for hydroxylation is 1. The first-order chi connectivity index (χ1) is 12.0. The Bertz CT molecular complexity index is 744. The van der Waals surface area contributed by atoms with Crippen molar-refractivity contribution in [2.75, 3.05) is 20.3 Å². The molecule has 0 saturated carbocycles. The fourth-order valence-electron chi connectivity index (χ4n) is 2.86. The Balaban J connectivity index is 1.72. The van der Waals surface area contributed by atoms with E-state index in [2.05, 4.69) is 5.16 Å². The molecule has 0 N–H and O–H groups in total. The van der Waals surface area contributed by atoms with Crippen LogP contribution in [0.5, 0.6) is 0 Å². The van der Waals surface area contributed by atoms with Crippen LogP contribution in [-0.2, 0) is 27.4 Å². The largest absolute Gasteiger partial charge is 0.369 e. The second-order valence-corrected chi connectivity index (χ2v) is 6.16. The van der Waals surface area contributed by atoms with Crippen molar-refractivity contribution < 1.29 is 18.8 Å². The maximum atomic E-state index is 12.8. The third-order valence-electron chi connectivity index (χ3n) is 4.13. The number of aromatic nitrogens is 1. The van der Waals surface area contributed by atoms with Gasteiger partial charge in [-0.2, -0.15) is 0 Å². The summed E-state index contributed by atoms with van der Waals surface area (Å²) < 4.78 is 10.3. The van der Waals surface area contributed by atoms with Crippen molar-refractivity contribution in [3.63, 3.8) is 0 Å². The van der Waals surface area contributed by atoms with Crippen molar-refractivity contribution in [1.82, 2.24) is 15.0 Å². The lowest BCUT2D eigenvalue weighted by Crippen LogP contribution is -2.56. The van der Waals surface area contributed by atoms with Crippen molar-refractivity contribution in [3.05, 3.63) is 53.4 Å². The second kappa shape index (κ2) is 7.48. The highest BCUT2D eigenvalue weighted by Crippen LogP contribution is 2.16. The van der Waals surface area contributed by atoms with Crippen LogP contribution in [0.2, 0.25) is 0 Å². The fraction of sp³-hybridized carbons (Fsp3) is 0.389. The first-order valence-corrected chi connectivity index (χ1v) is 8.13. The standard InChI is InChI=1S/C18H21N3O4/c1-13-8-15(19-25-13)10-20(2)18(23)16-11-24-12-17(22)21(16)9-14-6-4-3-5-7-14/h3-8,16H,9-12H2,1-2H3/t16-/m1/s1. The van der Waals surface area contributed by atoms with Crippen molar-refractivity contribution in [2.45, 2.75) is 26.1 Å². The highest BCUT2D eigenvalue weighted by atomic mass is 16.5. The molecule has 7 nitrogen and oxygen atoms in total. The minimum atomic E-state index is -0.639. The minimum absolute atomic E-state index is 0.00279. The number of hydrogen-bond acceptors (Lipinski definition) is 5. The average molecular weight is 343 g/mol. The molecule has 0 radical (unpaired) electrons. The summed E-state index contributed by atoms with van der Waals surface area (Å²) in [4.78, 5) is 28.3. The molecular weight excluding hydrogens is 322 g/mol. The summed E-state index contributed by atoms with van der Waals surface area (Å²) in [7, 11) is 1.69. The molecule has 0 unspecified atom stereocenters. The number of carbonyl (C=O) groups is 2. The fourth-order valence-corrected chi connectivity index (χ4v) is 2.86. The Morgan fingerprint density at radius 3 is 2.80 bits per heavy atom. The molecule has 0 spiro atoms. The van der Waals surface area contributed by atoms with Crippen LogP contribution in [0.3, 0.4) is 0 Å². The highest BCUT2D eigenvalue weighted by Gasteiger charge is 2.35. The normalized spacial score (nSPS) is 17.6. The van der Waals surface area contributed by atoms with Crippen LogP contribution in [-0.4, -0.2) is 53.1 Å². The summed E-state index contributed by atoms with van der Waals surface area (Å²) in [6, 6.07) is 10.8. The summed E-state index contributed by atoms with van der Waals surface area (Å²) in [5.74, 6) is 0.335. The zero-order valence-corrected chi connectivity index (χ0v) is 14.3. The van der Waals surface area contributed by atoms with Gasteiger partial charge in [-0.1, -0.05) is 35.5 Å². The summed E-state index contributed by atoms with van der Waals surface area (Å²) in [5.41, 5.74) is 1.65. The van der Waals surface area contributed by atoms with Crippen LogP contribution < -0.4 is 0 Å². The first kappa shape index (κ1) is 17.2. The molecular formula is C18H21N3O4. The zero-order chi connectivity index (χ0) is 17.8. The summed E-state index contributed by atoms with van der Waals surface area (Å²) >= 11 is 0. The van der Waals surface area contributed by atoms with Gasteiger partial charge in [-0.3, -0.25) is 9.59 Å². The lowest BCUT2D eigenvalue weighted by Gasteiger charge is -2.36. The predicted octanol–water partition coefficient (Wildman–Crippen LogP) is 1.37. The van der Waals surface area contributed by atoms with Crippen LogP contribution >= 0.6 is 0 Å². The van der Waals surface area contributed by atoms with E-state index in [0.29, 0.717) is 24.5 Å². The van der Waals surface area contributed by atoms with Gasteiger partial charge in [0.25, 0.3) is 0 Å². The van der Waals surface area contributed by atoms with Crippen LogP contribution in [0.15, 0.2) is 40.9 Å². The topological polar surface area (TPSA) is 75.9 Å². The average Bonchev–Trinajstić information content (AvgIpc) is 3.02. The highest BCUT2D eigenvalue weighted by molar-refractivity contribution is 5.89. The number of ether oxygens (including phenoxy) is 1. The number of hydrogen-bond donors (Lipinski definition) is 0. The maximum Gasteiger partial charge on any atom is 0.249 e. The van der Waals surface area contributed by atoms with E-state index in [4.69, 9.17) is 9.26 Å². The number of carbonyl (C=O) groups excluding carboxylic acids is 2. The van der Waals surface area contributed by atoms with E-state index in [9.17, 15) is 9.59 Å². The van der Waals surface area contributed by atoms with E-state index in [-0.39, 0.29) is 25.0 Å². The molecule has 2 heterocycles. The number of benzene rings is 1. The molecule has 1 aromatic carbocycles. The van der Waals surface area contributed by atoms with Gasteiger partial charge in [0, 0.05) is 19.7 Å². The van der Waals surface area contributed by atoms with Crippen LogP contribution in [0.4, 0.5) is 0 Å². The SMILES string of the molecule is Cc1cc(CN(C)C(=O)[C@H]2COCC(=O)N2Cc2ccccc2)no1. The number of likely N-dealkylation sites (N-methyl/N-ethyl adjacent to an activating group) is 1. The first-order valence-electron chi connectivity index (χ1n) is 8.13. The number of amides is 2. The van der Waals surface area contributed by atoms with E-state index < -0.39 is 6.04 Å². The summed E-state index contributed by atoms with van der Waals surface area (Å²) in [5, 5.41) is 3.90. The van der Waals surface area contributed by atoms with Crippen LogP contribution in [0.25, 0.3) is 0 Å². The van der Waals surface area contributed by atoms with E-state index in [1.807, 2.05) is 30.3 Å². The smallest absolute Gasteiger partial charge is 0.249 e. The Morgan fingerprint density at radius 2 is 2.12 bits per heavy atom. The molecule has 1 fully saturated rings. The number of morpholine rings is 1. The lowest BCUT2D eigenvalue weighted by molar-refractivity contribution is -0.159. The molecule has 2 amide bonds. The zero-order valence-electron chi connectivity index (χ0n) is 14.3. The molecule has 3 rings (SSSR count). The monoisotopic (exact) mass is 343 g/mol. The van der Waals surface area contributed by atoms with Gasteiger partial charge in [0.1, 0.15) is 24.1 Å². The maximum absolute atomic E-state index is 12.8. The quantitative estimate of drug-likeness (QED) is 0.819. The molecule has 1 aliphatic heterocycles. The Kier molecular flexibility index (Phi) is 5.14. The van der Waals surface area contributed by atoms with Gasteiger partial charge >= 0.3 is 0 Å². The molecule has 2 aromatic rings. The molecule has 25 heavy (non-hydrogen) atoms. The summed E-state index contributed by atoms with van der Waals surface area (Å²) in [6.45, 7) is 2.70. The Morgan fingerprint density at radius 1 is 1.36 bits per heavy atom. The minimum Gasteiger partial charge on any atom is -0.369 e. The van der Waals surface area contributed by atoms with Crippen LogP contribution in [0, 0.1) is 6.92 Å². The molecule has 7 heteroatoms. The van der Waals surface area contributed by atoms with E-state index >= 15 is 0 Å². The molecule has 1 atom stereocenters. The number of nitrogens with zero attached hydrogens (tertiary/aromatic N) is 3. The summed E-state index contributed by atoms with van der Waals surface area (Å²) in [6.07, 6.45) is 0. The lowest BCUT2D eigenvalue weighted by atomic mass is 10.1. The van der Waals surface area contributed by atoms with Crippen molar-refractivity contribution >= 4 is 11.8 Å². The van der Waals surface area contributed by atoms with Gasteiger partial charge in [0.05, 0.1) is 13.2 Å². The number of rotatable bonds is 5. The molecule has 1 saturated heterocycles. The van der Waals surface area contributed by atoms with Crippen molar-refractivity contribution in [3.8, 4) is 0 Å². The third kappa shape index (κ3) is 4.06. The molecule has 132 valence electrons. The van der Waals surface area contributed by atoms with Gasteiger partial charge in [-0.05, 0) is 12.5 Å². The Labute approximate surface area is 146 Å². The van der Waals surface area contributed by atoms with Gasteiger partial charge in [0.15, 0.2) is 0 Å². The molecule has 0 bridgehead atoms. The van der Waals surface area contributed by atoms with Gasteiger partial charge in [-0.25, -0.2) is 0 Å². The molecule has 0 aliphatic carbocycles. The van der Waals surface area contributed by atoms with E-state index in [1.54, 1.807) is 29.8 Å². The molecule has 1 aliphatic rings. The molecule has 1 aromatic heterocycles. The van der Waals surface area contributed by atoms with Gasteiger partial charge < -0.3 is 19.1 Å². The second-order valence-electron chi connectivity index (χ2n) is 6.16. The van der Waals surface area contributed by atoms with E-state index in [0.717, 1.165) is 5.56 Å². The van der Waals surface area contributed by atoms with Gasteiger partial charge in [0.2, 0.25) is 11.8 Å².